The Morgan fingerprint density at radius 2 is 2.15 bits per heavy atom. The molecule has 3 rings (SSSR count). The van der Waals surface area contributed by atoms with E-state index in [1.165, 1.54) is 5.56 Å². The normalized spacial score (nSPS) is 17.8. The van der Waals surface area contributed by atoms with Gasteiger partial charge in [-0.2, -0.15) is 5.10 Å². The zero-order valence-corrected chi connectivity index (χ0v) is 16.1. The lowest BCUT2D eigenvalue weighted by Crippen LogP contribution is -2.38. The predicted octanol–water partition coefficient (Wildman–Crippen LogP) is 2.17. The average Bonchev–Trinajstić information content (AvgIpc) is 3.26. The van der Waals surface area contributed by atoms with Crippen molar-refractivity contribution in [2.45, 2.75) is 19.1 Å². The number of halogens is 1. The average molecular weight is 379 g/mol. The van der Waals surface area contributed by atoms with E-state index in [-0.39, 0.29) is 24.4 Å². The predicted molar refractivity (Wildman–Crippen MR) is 103 cm³/mol. The van der Waals surface area contributed by atoms with Crippen molar-refractivity contribution in [3.63, 3.8) is 0 Å². The topological polar surface area (TPSA) is 59.4 Å². The van der Waals surface area contributed by atoms with E-state index in [0.29, 0.717) is 19.1 Å². The van der Waals surface area contributed by atoms with Crippen LogP contribution < -0.4 is 5.32 Å². The lowest BCUT2D eigenvalue weighted by atomic mass is 10.1. The number of nitrogens with one attached hydrogen (secondary N) is 1. The molecule has 2 aromatic rings. The Bertz CT molecular complexity index is 692. The zero-order chi connectivity index (χ0) is 17.6. The molecule has 1 aromatic carbocycles. The van der Waals surface area contributed by atoms with Gasteiger partial charge in [0.15, 0.2) is 0 Å². The number of carbonyl (C=O) groups is 1. The van der Waals surface area contributed by atoms with Crippen LogP contribution in [0.3, 0.4) is 0 Å². The van der Waals surface area contributed by atoms with Crippen LogP contribution in [-0.4, -0.2) is 47.3 Å². The van der Waals surface area contributed by atoms with Crippen molar-refractivity contribution in [3.8, 4) is 0 Å². The maximum absolute atomic E-state index is 12.8. The molecule has 1 N–H and O–H groups in total. The zero-order valence-electron chi connectivity index (χ0n) is 15.3. The Labute approximate surface area is 160 Å². The van der Waals surface area contributed by atoms with Crippen molar-refractivity contribution in [3.05, 3.63) is 53.9 Å². The molecule has 1 aromatic heterocycles. The number of likely N-dealkylation sites (tertiary alicyclic amines) is 1. The molecular weight excluding hydrogens is 352 g/mol. The summed E-state index contributed by atoms with van der Waals surface area (Å²) < 4.78 is 7.56. The largest absolute Gasteiger partial charge is 0.376 e. The number of aryl methyl sites for hydroxylation is 1. The third-order valence-electron chi connectivity index (χ3n) is 4.66. The highest BCUT2D eigenvalue weighted by Gasteiger charge is 2.31. The molecular formula is C19H27ClN4O2. The summed E-state index contributed by atoms with van der Waals surface area (Å²) in [5.41, 5.74) is 2.08. The van der Waals surface area contributed by atoms with Gasteiger partial charge in [0.2, 0.25) is 5.91 Å². The Balaban J connectivity index is 0.00000243. The van der Waals surface area contributed by atoms with Gasteiger partial charge < -0.3 is 15.0 Å². The van der Waals surface area contributed by atoms with Gasteiger partial charge in [-0.05, 0) is 19.0 Å². The summed E-state index contributed by atoms with van der Waals surface area (Å²) in [7, 11) is 3.67. The smallest absolute Gasteiger partial charge is 0.244 e. The Hall–Kier alpha value is -1.89. The van der Waals surface area contributed by atoms with Crippen molar-refractivity contribution >= 4 is 18.3 Å². The van der Waals surface area contributed by atoms with Gasteiger partial charge in [-0.25, -0.2) is 0 Å². The lowest BCUT2D eigenvalue weighted by Gasteiger charge is -2.22. The first-order valence-electron chi connectivity index (χ1n) is 8.73. The van der Waals surface area contributed by atoms with Gasteiger partial charge in [0.05, 0.1) is 19.4 Å². The number of ether oxygens (including phenoxy) is 1. The van der Waals surface area contributed by atoms with E-state index >= 15 is 0 Å². The van der Waals surface area contributed by atoms with Gasteiger partial charge in [0.1, 0.15) is 6.04 Å². The molecule has 1 amide bonds. The number of carbonyl (C=O) groups excluding carboxylic acids is 1. The third-order valence-corrected chi connectivity index (χ3v) is 4.66. The van der Waals surface area contributed by atoms with E-state index < -0.39 is 0 Å². The summed E-state index contributed by atoms with van der Waals surface area (Å²) in [5, 5.41) is 7.28. The Morgan fingerprint density at radius 1 is 1.38 bits per heavy atom. The number of benzene rings is 1. The van der Waals surface area contributed by atoms with Gasteiger partial charge in [-0.1, -0.05) is 30.3 Å². The number of hydrogen-bond acceptors (Lipinski definition) is 4. The van der Waals surface area contributed by atoms with Gasteiger partial charge in [0.25, 0.3) is 0 Å². The van der Waals surface area contributed by atoms with E-state index in [4.69, 9.17) is 4.74 Å². The van der Waals surface area contributed by atoms with Crippen LogP contribution in [-0.2, 0) is 23.2 Å². The number of hydrogen-bond donors (Lipinski definition) is 1. The molecule has 0 spiro atoms. The van der Waals surface area contributed by atoms with E-state index in [9.17, 15) is 4.79 Å². The number of nitrogens with zero attached hydrogens (tertiary/aromatic N) is 3. The molecule has 7 heteroatoms. The standard InChI is InChI=1S/C19H26N4O2.ClH/c1-20-18(17-10-21-22(2)12-17)19(24)23-9-8-16(11-23)14-25-13-15-6-4-3-5-7-15;/h3-7,10,12,16,18,20H,8-9,11,13-14H2,1-2H3;1H. The summed E-state index contributed by atoms with van der Waals surface area (Å²) >= 11 is 0. The first-order valence-corrected chi connectivity index (χ1v) is 8.73. The molecule has 1 fully saturated rings. The molecule has 1 aliphatic heterocycles. The van der Waals surface area contributed by atoms with Gasteiger partial charge in [0, 0.05) is 37.8 Å². The van der Waals surface area contributed by atoms with Crippen LogP contribution in [0.4, 0.5) is 0 Å². The second kappa shape index (κ2) is 9.71. The number of rotatable bonds is 7. The van der Waals surface area contributed by atoms with Crippen LogP contribution in [0.1, 0.15) is 23.6 Å². The van der Waals surface area contributed by atoms with E-state index in [1.807, 2.05) is 43.4 Å². The van der Waals surface area contributed by atoms with Crippen LogP contribution in [0.15, 0.2) is 42.7 Å². The molecule has 6 nitrogen and oxygen atoms in total. The quantitative estimate of drug-likeness (QED) is 0.802. The summed E-state index contributed by atoms with van der Waals surface area (Å²) in [6.07, 6.45) is 4.62. The van der Waals surface area contributed by atoms with Crippen molar-refractivity contribution in [2.24, 2.45) is 13.0 Å². The lowest BCUT2D eigenvalue weighted by molar-refractivity contribution is -0.132. The van der Waals surface area contributed by atoms with Crippen molar-refractivity contribution in [1.82, 2.24) is 20.0 Å². The molecule has 1 saturated heterocycles. The molecule has 2 atom stereocenters. The second-order valence-corrected chi connectivity index (χ2v) is 6.61. The summed E-state index contributed by atoms with van der Waals surface area (Å²) in [5.74, 6) is 0.514. The Kier molecular flexibility index (Phi) is 7.63. The fourth-order valence-electron chi connectivity index (χ4n) is 3.29. The minimum Gasteiger partial charge on any atom is -0.376 e. The van der Waals surface area contributed by atoms with Crippen LogP contribution in [0, 0.1) is 5.92 Å². The van der Waals surface area contributed by atoms with Crippen LogP contribution in [0.2, 0.25) is 0 Å². The summed E-state index contributed by atoms with van der Waals surface area (Å²) in [4.78, 5) is 14.7. The minimum atomic E-state index is -0.335. The Morgan fingerprint density at radius 3 is 2.81 bits per heavy atom. The molecule has 0 saturated carbocycles. The highest BCUT2D eigenvalue weighted by molar-refractivity contribution is 5.85. The molecule has 26 heavy (non-hydrogen) atoms. The van der Waals surface area contributed by atoms with Gasteiger partial charge >= 0.3 is 0 Å². The molecule has 0 aliphatic carbocycles. The molecule has 0 radical (unpaired) electrons. The second-order valence-electron chi connectivity index (χ2n) is 6.61. The minimum absolute atomic E-state index is 0. The van der Waals surface area contributed by atoms with E-state index in [2.05, 4.69) is 22.5 Å². The van der Waals surface area contributed by atoms with E-state index in [0.717, 1.165) is 25.1 Å². The van der Waals surface area contributed by atoms with Gasteiger partial charge in [-0.3, -0.25) is 9.48 Å². The van der Waals surface area contributed by atoms with E-state index in [1.54, 1.807) is 10.9 Å². The van der Waals surface area contributed by atoms with Crippen LogP contribution in [0.25, 0.3) is 0 Å². The van der Waals surface area contributed by atoms with Crippen molar-refractivity contribution in [1.29, 1.82) is 0 Å². The summed E-state index contributed by atoms with van der Waals surface area (Å²) in [6.45, 7) is 2.86. The number of likely N-dealkylation sites (N-methyl/N-ethyl adjacent to an activating group) is 1. The van der Waals surface area contributed by atoms with Crippen molar-refractivity contribution < 1.29 is 9.53 Å². The molecule has 2 unspecified atom stereocenters. The SMILES string of the molecule is CNC(C(=O)N1CCC(COCc2ccccc2)C1)c1cnn(C)c1.Cl. The highest BCUT2D eigenvalue weighted by Crippen LogP contribution is 2.22. The van der Waals surface area contributed by atoms with Crippen molar-refractivity contribution in [2.75, 3.05) is 26.7 Å². The number of amides is 1. The van der Waals surface area contributed by atoms with Gasteiger partial charge in [-0.15, -0.1) is 12.4 Å². The highest BCUT2D eigenvalue weighted by atomic mass is 35.5. The first kappa shape index (κ1) is 20.4. The molecule has 0 bridgehead atoms. The van der Waals surface area contributed by atoms with Crippen LogP contribution in [0.5, 0.6) is 0 Å². The molecule has 1 aliphatic rings. The number of aromatic nitrogens is 2. The molecule has 2 heterocycles. The fraction of sp³-hybridized carbons (Fsp3) is 0.474. The van der Waals surface area contributed by atoms with Crippen LogP contribution >= 0.6 is 12.4 Å². The third kappa shape index (κ3) is 5.06. The fourth-order valence-corrected chi connectivity index (χ4v) is 3.29. The molecule has 142 valence electrons. The summed E-state index contributed by atoms with van der Waals surface area (Å²) in [6, 6.07) is 9.84. The maximum Gasteiger partial charge on any atom is 0.244 e. The monoisotopic (exact) mass is 378 g/mol. The maximum atomic E-state index is 12.8. The first-order chi connectivity index (χ1) is 12.2.